The summed E-state index contributed by atoms with van der Waals surface area (Å²) in [5, 5.41) is 11.3. The number of carbonyl (C=O) groups is 1. The molecule has 182 valence electrons. The smallest absolute Gasteiger partial charge is 0.132 e. The van der Waals surface area contributed by atoms with Gasteiger partial charge in [0.2, 0.25) is 0 Å². The van der Waals surface area contributed by atoms with Gasteiger partial charge in [0.05, 0.1) is 5.97 Å². The molecule has 0 radical (unpaired) electrons. The van der Waals surface area contributed by atoms with E-state index in [0.29, 0.717) is 12.2 Å². The Balaban J connectivity index is 1.71. The molecule has 0 heterocycles. The molecule has 3 nitrogen and oxygen atoms in total. The van der Waals surface area contributed by atoms with E-state index < -0.39 is 17.3 Å². The Morgan fingerprint density at radius 2 is 1.43 bits per heavy atom. The number of hydrogen-bond donors (Lipinski definition) is 0. The van der Waals surface area contributed by atoms with Gasteiger partial charge in [-0.15, -0.1) is 0 Å². The van der Waals surface area contributed by atoms with Crippen LogP contribution in [0.1, 0.15) is 78.6 Å². The van der Waals surface area contributed by atoms with E-state index in [4.69, 9.17) is 0 Å². The summed E-state index contributed by atoms with van der Waals surface area (Å²) in [6, 6.07) is 20.7. The van der Waals surface area contributed by atoms with E-state index >= 15 is 0 Å². The highest BCUT2D eigenvalue weighted by Crippen LogP contribution is 2.22. The molecule has 0 saturated carbocycles. The normalized spacial score (nSPS) is 10.5. The number of hydrogen-bond acceptors (Lipinski definition) is 3. The number of rotatable bonds is 11. The number of carboxylic acids is 1. The molecule has 0 unspecified atom stereocenters. The Bertz CT molecular complexity index is 1160. The summed E-state index contributed by atoms with van der Waals surface area (Å²) in [7, 11) is 0. The minimum absolute atomic E-state index is 0.410. The van der Waals surface area contributed by atoms with E-state index in [1.807, 2.05) is 24.3 Å². The largest absolute Gasteiger partial charge is 0.545 e. The third-order valence-corrected chi connectivity index (χ3v) is 6.02. The zero-order valence-electron chi connectivity index (χ0n) is 20.6. The van der Waals surface area contributed by atoms with Crippen LogP contribution in [0.3, 0.4) is 0 Å². The summed E-state index contributed by atoms with van der Waals surface area (Å²) in [5.41, 5.74) is 4.61. The molecular formula is C31H33FNO2-. The van der Waals surface area contributed by atoms with Gasteiger partial charge in [0.15, 0.2) is 0 Å². The molecule has 4 heteroatoms. The Labute approximate surface area is 208 Å². The van der Waals surface area contributed by atoms with Crippen molar-refractivity contribution >= 4 is 11.7 Å². The van der Waals surface area contributed by atoms with Crippen molar-refractivity contribution in [3.8, 4) is 11.8 Å². The van der Waals surface area contributed by atoms with Crippen molar-refractivity contribution < 1.29 is 14.3 Å². The first-order chi connectivity index (χ1) is 17.0. The fourth-order valence-electron chi connectivity index (χ4n) is 3.91. The average Bonchev–Trinajstić information content (AvgIpc) is 2.87. The van der Waals surface area contributed by atoms with Crippen molar-refractivity contribution in [2.75, 3.05) is 11.4 Å². The molecule has 0 aromatic heterocycles. The molecule has 0 aliphatic carbocycles. The topological polar surface area (TPSA) is 43.4 Å². The fourth-order valence-corrected chi connectivity index (χ4v) is 3.91. The van der Waals surface area contributed by atoms with E-state index in [1.54, 1.807) is 6.07 Å². The summed E-state index contributed by atoms with van der Waals surface area (Å²) in [6.07, 6.45) is 6.61. The molecule has 0 aliphatic heterocycles. The number of halogens is 1. The van der Waals surface area contributed by atoms with Crippen LogP contribution in [0.5, 0.6) is 0 Å². The summed E-state index contributed by atoms with van der Waals surface area (Å²) in [5.74, 6) is 4.18. The van der Waals surface area contributed by atoms with Crippen LogP contribution in [0.15, 0.2) is 66.7 Å². The zero-order valence-corrected chi connectivity index (χ0v) is 20.6. The van der Waals surface area contributed by atoms with Gasteiger partial charge < -0.3 is 14.8 Å². The lowest BCUT2D eigenvalue weighted by Gasteiger charge is -2.26. The minimum atomic E-state index is -1.50. The fraction of sp³-hybridized carbons (Fsp3) is 0.323. The van der Waals surface area contributed by atoms with Gasteiger partial charge in [0, 0.05) is 35.5 Å². The SMILES string of the molecule is CCCCCN(Cc1ccc(C#Cc2ccc(CCCC)cc2)cc1)c1ccc(F)c(C(=O)[O-])c1. The summed E-state index contributed by atoms with van der Waals surface area (Å²) < 4.78 is 13.9. The van der Waals surface area contributed by atoms with Gasteiger partial charge in [0.1, 0.15) is 5.82 Å². The van der Waals surface area contributed by atoms with Gasteiger partial charge in [-0.25, -0.2) is 4.39 Å². The lowest BCUT2D eigenvalue weighted by atomic mass is 10.1. The Kier molecular flexibility index (Phi) is 9.93. The third kappa shape index (κ3) is 8.00. The first kappa shape index (κ1) is 26.0. The summed E-state index contributed by atoms with van der Waals surface area (Å²) >= 11 is 0. The van der Waals surface area contributed by atoms with Crippen molar-refractivity contribution in [1.29, 1.82) is 0 Å². The Morgan fingerprint density at radius 3 is 2.00 bits per heavy atom. The van der Waals surface area contributed by atoms with Crippen LogP contribution in [-0.4, -0.2) is 12.5 Å². The van der Waals surface area contributed by atoms with Gasteiger partial charge in [-0.2, -0.15) is 0 Å². The monoisotopic (exact) mass is 470 g/mol. The van der Waals surface area contributed by atoms with Gasteiger partial charge >= 0.3 is 0 Å². The third-order valence-electron chi connectivity index (χ3n) is 6.02. The highest BCUT2D eigenvalue weighted by Gasteiger charge is 2.11. The van der Waals surface area contributed by atoms with Crippen LogP contribution in [0.25, 0.3) is 0 Å². The second-order valence-corrected chi connectivity index (χ2v) is 8.83. The molecule has 0 N–H and O–H groups in total. The van der Waals surface area contributed by atoms with Crippen LogP contribution in [0.4, 0.5) is 10.1 Å². The van der Waals surface area contributed by atoms with Crippen LogP contribution in [-0.2, 0) is 13.0 Å². The number of unbranched alkanes of at least 4 members (excludes halogenated alkanes) is 3. The first-order valence-corrected chi connectivity index (χ1v) is 12.5. The minimum Gasteiger partial charge on any atom is -0.545 e. The molecule has 0 amide bonds. The predicted molar refractivity (Wildman–Crippen MR) is 139 cm³/mol. The number of benzene rings is 3. The van der Waals surface area contributed by atoms with E-state index in [1.165, 1.54) is 30.5 Å². The molecule has 35 heavy (non-hydrogen) atoms. The molecule has 0 bridgehead atoms. The number of carboxylic acid groups (broad SMARTS) is 1. The molecular weight excluding hydrogens is 437 g/mol. The lowest BCUT2D eigenvalue weighted by Crippen LogP contribution is -2.27. The number of aryl methyl sites for hydroxylation is 1. The lowest BCUT2D eigenvalue weighted by molar-refractivity contribution is -0.255. The zero-order chi connectivity index (χ0) is 25.0. The Hall–Kier alpha value is -3.58. The first-order valence-electron chi connectivity index (χ1n) is 12.5. The molecule has 3 aromatic rings. The second kappa shape index (κ2) is 13.3. The molecule has 0 spiro atoms. The van der Waals surface area contributed by atoms with Gasteiger partial charge in [0.25, 0.3) is 0 Å². The molecule has 0 saturated heterocycles. The van der Waals surface area contributed by atoms with Crippen LogP contribution in [0, 0.1) is 17.7 Å². The maximum Gasteiger partial charge on any atom is 0.132 e. The predicted octanol–water partition coefficient (Wildman–Crippen LogP) is 6.13. The number of carbonyl (C=O) groups excluding carboxylic acids is 1. The van der Waals surface area contributed by atoms with Crippen molar-refractivity contribution in [1.82, 2.24) is 0 Å². The van der Waals surface area contributed by atoms with Crippen LogP contribution in [0.2, 0.25) is 0 Å². The van der Waals surface area contributed by atoms with Gasteiger partial charge in [-0.1, -0.05) is 69.2 Å². The molecule has 0 fully saturated rings. The Morgan fingerprint density at radius 1 is 0.829 bits per heavy atom. The summed E-state index contributed by atoms with van der Waals surface area (Å²) in [4.78, 5) is 13.4. The molecule has 3 aromatic carbocycles. The van der Waals surface area contributed by atoms with E-state index in [2.05, 4.69) is 54.9 Å². The highest BCUT2D eigenvalue weighted by molar-refractivity contribution is 5.87. The number of nitrogens with zero attached hydrogens (tertiary/aromatic N) is 1. The van der Waals surface area contributed by atoms with Crippen LogP contribution < -0.4 is 10.0 Å². The quantitative estimate of drug-likeness (QED) is 0.250. The average molecular weight is 471 g/mol. The van der Waals surface area contributed by atoms with Crippen molar-refractivity contribution in [2.45, 2.75) is 58.9 Å². The van der Waals surface area contributed by atoms with Gasteiger partial charge in [-0.3, -0.25) is 0 Å². The maximum atomic E-state index is 13.9. The number of aromatic carboxylic acids is 1. The van der Waals surface area contributed by atoms with E-state index in [-0.39, 0.29) is 0 Å². The van der Waals surface area contributed by atoms with Crippen LogP contribution >= 0.6 is 0 Å². The molecule has 0 aliphatic rings. The van der Waals surface area contributed by atoms with Gasteiger partial charge in [-0.05, 0) is 72.9 Å². The second-order valence-electron chi connectivity index (χ2n) is 8.83. The van der Waals surface area contributed by atoms with E-state index in [0.717, 1.165) is 48.9 Å². The maximum absolute atomic E-state index is 13.9. The van der Waals surface area contributed by atoms with Crippen molar-refractivity contribution in [3.63, 3.8) is 0 Å². The summed E-state index contributed by atoms with van der Waals surface area (Å²) in [6.45, 7) is 5.68. The van der Waals surface area contributed by atoms with Crippen molar-refractivity contribution in [3.05, 3.63) is 100 Å². The van der Waals surface area contributed by atoms with E-state index in [9.17, 15) is 14.3 Å². The van der Waals surface area contributed by atoms with Crippen molar-refractivity contribution in [2.24, 2.45) is 0 Å². The molecule has 3 rings (SSSR count). The molecule has 0 atom stereocenters. The standard InChI is InChI=1S/C31H34FNO2/c1-3-5-7-21-33(28-19-20-30(32)29(22-28)31(34)35)23-27-17-15-26(16-18-27)14-13-25-11-9-24(10-12-25)8-6-4-2/h9-12,15-20,22H,3-8,21,23H2,1-2H3,(H,34,35)/p-1. The highest BCUT2D eigenvalue weighted by atomic mass is 19.1. The number of anilines is 1.